The van der Waals surface area contributed by atoms with E-state index in [9.17, 15) is 8.42 Å². The van der Waals surface area contributed by atoms with E-state index in [0.717, 1.165) is 38.3 Å². The van der Waals surface area contributed by atoms with Crippen molar-refractivity contribution in [1.29, 1.82) is 0 Å². The van der Waals surface area contributed by atoms with Gasteiger partial charge in [0.1, 0.15) is 11.4 Å². The average molecular weight is 411 g/mol. The van der Waals surface area contributed by atoms with E-state index in [1.165, 1.54) is 19.2 Å². The lowest BCUT2D eigenvalue weighted by Crippen LogP contribution is -2.28. The van der Waals surface area contributed by atoms with Gasteiger partial charge in [0.25, 0.3) is 10.0 Å². The Morgan fingerprint density at radius 3 is 2.70 bits per heavy atom. The van der Waals surface area contributed by atoms with Crippen LogP contribution in [0.15, 0.2) is 47.4 Å². The zero-order valence-corrected chi connectivity index (χ0v) is 16.6. The molecule has 27 heavy (non-hydrogen) atoms. The largest absolute Gasteiger partial charge is 0.494 e. The summed E-state index contributed by atoms with van der Waals surface area (Å²) in [6.45, 7) is 3.51. The van der Waals surface area contributed by atoms with Crippen molar-refractivity contribution >= 4 is 38.9 Å². The summed E-state index contributed by atoms with van der Waals surface area (Å²) >= 11 is 6.18. The van der Waals surface area contributed by atoms with Crippen LogP contribution in [0.2, 0.25) is 0 Å². The van der Waals surface area contributed by atoms with Gasteiger partial charge in [-0.2, -0.15) is 12.2 Å². The van der Waals surface area contributed by atoms with Gasteiger partial charge in [0, 0.05) is 31.4 Å². The maximum absolute atomic E-state index is 13.0. The number of rotatable bonds is 5. The van der Waals surface area contributed by atoms with Crippen LogP contribution in [0.25, 0.3) is 0 Å². The maximum Gasteiger partial charge on any atom is 0.278 e. The number of nitrogens with zero attached hydrogens (tertiary/aromatic N) is 2. The van der Waals surface area contributed by atoms with Crippen molar-refractivity contribution in [3.05, 3.63) is 42.5 Å². The van der Waals surface area contributed by atoms with Crippen LogP contribution in [0.5, 0.6) is 5.75 Å². The summed E-state index contributed by atoms with van der Waals surface area (Å²) < 4.78 is 31.8. The van der Waals surface area contributed by atoms with Gasteiger partial charge in [-0.05, 0) is 43.3 Å². The summed E-state index contributed by atoms with van der Waals surface area (Å²) in [5, 5.41) is 3.33. The zero-order valence-electron chi connectivity index (χ0n) is 15.1. The van der Waals surface area contributed by atoms with E-state index in [4.69, 9.17) is 22.2 Å². The van der Waals surface area contributed by atoms with Crippen molar-refractivity contribution < 1.29 is 13.2 Å². The number of halogens is 1. The normalized spacial score (nSPS) is 15.3. The quantitative estimate of drug-likeness (QED) is 0.581. The van der Waals surface area contributed by atoms with Crippen molar-refractivity contribution in [3.8, 4) is 5.75 Å². The number of anilines is 3. The second-order valence-electron chi connectivity index (χ2n) is 6.20. The van der Waals surface area contributed by atoms with Crippen LogP contribution in [-0.4, -0.2) is 41.7 Å². The van der Waals surface area contributed by atoms with Crippen LogP contribution in [0.4, 0.5) is 17.1 Å². The molecule has 7 nitrogen and oxygen atoms in total. The van der Waals surface area contributed by atoms with E-state index >= 15 is 0 Å². The average Bonchev–Trinajstić information content (AvgIpc) is 2.96. The number of methoxy groups -OCH3 is 1. The molecule has 3 N–H and O–H groups in total. The van der Waals surface area contributed by atoms with Gasteiger partial charge in [-0.15, -0.1) is 0 Å². The molecule has 0 amide bonds. The first-order chi connectivity index (χ1) is 12.9. The second kappa shape index (κ2) is 8.24. The van der Waals surface area contributed by atoms with E-state index < -0.39 is 10.0 Å². The van der Waals surface area contributed by atoms with Crippen molar-refractivity contribution in [1.82, 2.24) is 5.32 Å². The van der Waals surface area contributed by atoms with Crippen LogP contribution < -0.4 is 24.5 Å². The molecule has 2 aromatic rings. The van der Waals surface area contributed by atoms with Crippen LogP contribution in [0.1, 0.15) is 6.42 Å². The number of ether oxygens (including phenoxy) is 1. The Balaban J connectivity index is 1.91. The lowest BCUT2D eigenvalue weighted by molar-refractivity contribution is 0.416. The third-order valence-corrected chi connectivity index (χ3v) is 6.66. The molecule has 1 saturated heterocycles. The highest BCUT2D eigenvalue weighted by Crippen LogP contribution is 2.35. The summed E-state index contributed by atoms with van der Waals surface area (Å²) in [6.07, 6.45) is 1.00. The molecule has 0 aliphatic carbocycles. The van der Waals surface area contributed by atoms with E-state index in [2.05, 4.69) is 10.2 Å². The number of sulfonamides is 1. The highest BCUT2D eigenvalue weighted by atomic mass is 35.5. The standard InChI is InChI=1S/C18H23ClN4O3S/c1-26-18-6-3-2-5-17(18)23(19)27(24,25)14-7-8-16(15(20)13-14)22-11-4-9-21-10-12-22/h2-3,5-8,13,21H,4,9-12,20H2,1H3. The Morgan fingerprint density at radius 2 is 1.96 bits per heavy atom. The monoisotopic (exact) mass is 410 g/mol. The van der Waals surface area contributed by atoms with Crippen molar-refractivity contribution in [2.75, 3.05) is 47.7 Å². The predicted octanol–water partition coefficient (Wildman–Crippen LogP) is 2.43. The third-order valence-electron chi connectivity index (χ3n) is 4.46. The van der Waals surface area contributed by atoms with Gasteiger partial charge in [0.15, 0.2) is 0 Å². The topological polar surface area (TPSA) is 87.9 Å². The van der Waals surface area contributed by atoms with Crippen LogP contribution in [0, 0.1) is 0 Å². The Hall–Kier alpha value is -2.16. The van der Waals surface area contributed by atoms with Gasteiger partial charge in [-0.25, -0.2) is 0 Å². The lowest BCUT2D eigenvalue weighted by Gasteiger charge is -2.25. The summed E-state index contributed by atoms with van der Waals surface area (Å²) in [6, 6.07) is 11.4. The van der Waals surface area contributed by atoms with Gasteiger partial charge in [-0.1, -0.05) is 12.1 Å². The SMILES string of the molecule is COc1ccccc1N(Cl)S(=O)(=O)c1ccc(N2CCCNCC2)c(N)c1. The molecule has 1 aliphatic rings. The van der Waals surface area contributed by atoms with Gasteiger partial charge >= 0.3 is 0 Å². The molecule has 0 atom stereocenters. The number of para-hydroxylation sites is 2. The minimum Gasteiger partial charge on any atom is -0.494 e. The molecular weight excluding hydrogens is 388 g/mol. The van der Waals surface area contributed by atoms with Crippen LogP contribution in [0.3, 0.4) is 0 Å². The fourth-order valence-corrected chi connectivity index (χ4v) is 4.55. The smallest absolute Gasteiger partial charge is 0.278 e. The zero-order chi connectivity index (χ0) is 19.4. The van der Waals surface area contributed by atoms with E-state index in [1.54, 1.807) is 30.3 Å². The van der Waals surface area contributed by atoms with Gasteiger partial charge in [0.05, 0.1) is 23.4 Å². The van der Waals surface area contributed by atoms with Crippen molar-refractivity contribution in [3.63, 3.8) is 0 Å². The number of benzene rings is 2. The second-order valence-corrected chi connectivity index (χ2v) is 8.53. The van der Waals surface area contributed by atoms with E-state index in [-0.39, 0.29) is 10.6 Å². The third kappa shape index (κ3) is 4.07. The minimum absolute atomic E-state index is 0.0256. The Bertz CT molecular complexity index is 899. The molecule has 0 unspecified atom stereocenters. The summed E-state index contributed by atoms with van der Waals surface area (Å²) in [7, 11) is -2.54. The molecule has 1 aliphatic heterocycles. The molecule has 0 saturated carbocycles. The number of nitrogens with two attached hydrogens (primary N) is 1. The molecule has 0 spiro atoms. The number of nitrogens with one attached hydrogen (secondary N) is 1. The minimum atomic E-state index is -3.99. The lowest BCUT2D eigenvalue weighted by atomic mass is 10.2. The Morgan fingerprint density at radius 1 is 1.19 bits per heavy atom. The first-order valence-corrected chi connectivity index (χ1v) is 10.4. The molecule has 146 valence electrons. The Labute approximate surface area is 164 Å². The summed E-state index contributed by atoms with van der Waals surface area (Å²) in [5.41, 5.74) is 7.66. The highest BCUT2D eigenvalue weighted by Gasteiger charge is 2.27. The fourth-order valence-electron chi connectivity index (χ4n) is 3.06. The molecular formula is C18H23ClN4O3S. The summed E-state index contributed by atoms with van der Waals surface area (Å²) in [5.74, 6) is 0.359. The molecule has 0 radical (unpaired) electrons. The predicted molar refractivity (Wildman–Crippen MR) is 109 cm³/mol. The molecule has 2 aromatic carbocycles. The summed E-state index contributed by atoms with van der Waals surface area (Å²) in [4.78, 5) is 2.18. The highest BCUT2D eigenvalue weighted by molar-refractivity contribution is 7.94. The molecule has 9 heteroatoms. The van der Waals surface area contributed by atoms with Gasteiger partial charge < -0.3 is 20.7 Å². The van der Waals surface area contributed by atoms with Crippen molar-refractivity contribution in [2.45, 2.75) is 11.3 Å². The molecule has 0 aromatic heterocycles. The van der Waals surface area contributed by atoms with Crippen molar-refractivity contribution in [2.24, 2.45) is 0 Å². The molecule has 0 bridgehead atoms. The van der Waals surface area contributed by atoms with Crippen LogP contribution in [-0.2, 0) is 10.0 Å². The maximum atomic E-state index is 13.0. The number of nitrogen functional groups attached to an aromatic ring is 1. The molecule has 3 rings (SSSR count). The molecule has 1 fully saturated rings. The Kier molecular flexibility index (Phi) is 5.98. The fraction of sp³-hybridized carbons (Fsp3) is 0.333. The number of hydrogen-bond donors (Lipinski definition) is 2. The number of hydrogen-bond acceptors (Lipinski definition) is 6. The van der Waals surface area contributed by atoms with Gasteiger partial charge in [-0.3, -0.25) is 0 Å². The van der Waals surface area contributed by atoms with Crippen LogP contribution >= 0.6 is 11.8 Å². The van der Waals surface area contributed by atoms with E-state index in [1.807, 2.05) is 0 Å². The van der Waals surface area contributed by atoms with E-state index in [0.29, 0.717) is 15.3 Å². The van der Waals surface area contributed by atoms with Gasteiger partial charge in [0.2, 0.25) is 0 Å². The first-order valence-electron chi connectivity index (χ1n) is 8.64. The first kappa shape index (κ1) is 19.6. The molecule has 1 heterocycles.